The van der Waals surface area contributed by atoms with Gasteiger partial charge in [0.15, 0.2) is 0 Å². The van der Waals surface area contributed by atoms with Gasteiger partial charge in [-0.1, -0.05) is 32.1 Å². The van der Waals surface area contributed by atoms with E-state index in [0.717, 1.165) is 44.9 Å². The number of hydrogen-bond donors (Lipinski definition) is 1. The van der Waals surface area contributed by atoms with Crippen LogP contribution < -0.4 is 4.72 Å². The predicted molar refractivity (Wildman–Crippen MR) is 65.7 cm³/mol. The van der Waals surface area contributed by atoms with Crippen molar-refractivity contribution >= 4 is 10.0 Å². The van der Waals surface area contributed by atoms with E-state index in [2.05, 4.69) is 10.8 Å². The quantitative estimate of drug-likeness (QED) is 0.840. The smallest absolute Gasteiger partial charge is 0.212 e. The van der Waals surface area contributed by atoms with Crippen molar-refractivity contribution in [3.05, 3.63) is 0 Å². The molecule has 0 spiro atoms. The van der Waals surface area contributed by atoms with Gasteiger partial charge in [0.2, 0.25) is 10.0 Å². The molecule has 4 nitrogen and oxygen atoms in total. The fourth-order valence-electron chi connectivity index (χ4n) is 2.95. The Morgan fingerprint density at radius 2 is 1.65 bits per heavy atom. The summed E-state index contributed by atoms with van der Waals surface area (Å²) < 4.78 is 27.1. The summed E-state index contributed by atoms with van der Waals surface area (Å²) in [6, 6.07) is 2.21. The summed E-state index contributed by atoms with van der Waals surface area (Å²) in [5.41, 5.74) is -0.820. The van der Waals surface area contributed by atoms with Crippen molar-refractivity contribution in [1.29, 1.82) is 5.26 Å². The van der Waals surface area contributed by atoms with Crippen molar-refractivity contribution < 1.29 is 8.42 Å². The molecule has 0 amide bonds. The third kappa shape index (κ3) is 2.80. The molecule has 1 N–H and O–H groups in total. The van der Waals surface area contributed by atoms with E-state index in [4.69, 9.17) is 0 Å². The van der Waals surface area contributed by atoms with Crippen molar-refractivity contribution in [3.8, 4) is 6.07 Å². The van der Waals surface area contributed by atoms with Gasteiger partial charge in [0.05, 0.1) is 11.3 Å². The molecule has 0 aromatic carbocycles. The van der Waals surface area contributed by atoms with Gasteiger partial charge in [-0.3, -0.25) is 0 Å². The molecule has 0 aromatic heterocycles. The van der Waals surface area contributed by atoms with Crippen LogP contribution in [0.3, 0.4) is 0 Å². The SMILES string of the molecule is N#CC1(NS(=O)(=O)C2CCCC2)CCCCC1. The molecule has 0 atom stereocenters. The van der Waals surface area contributed by atoms with E-state index in [9.17, 15) is 13.7 Å². The summed E-state index contributed by atoms with van der Waals surface area (Å²) in [6.07, 6.45) is 7.80. The lowest BCUT2D eigenvalue weighted by Crippen LogP contribution is -2.51. The van der Waals surface area contributed by atoms with E-state index in [0.29, 0.717) is 12.8 Å². The Bertz CT molecular complexity index is 399. The van der Waals surface area contributed by atoms with Gasteiger partial charge < -0.3 is 0 Å². The maximum absolute atomic E-state index is 12.2. The predicted octanol–water partition coefficient (Wildman–Crippen LogP) is 2.07. The van der Waals surface area contributed by atoms with Gasteiger partial charge in [-0.15, -0.1) is 0 Å². The molecule has 2 fully saturated rings. The van der Waals surface area contributed by atoms with Gasteiger partial charge in [-0.2, -0.15) is 9.98 Å². The van der Waals surface area contributed by atoms with Gasteiger partial charge in [0.25, 0.3) is 0 Å². The maximum Gasteiger partial charge on any atom is 0.215 e. The molecule has 96 valence electrons. The number of nitrogens with one attached hydrogen (secondary N) is 1. The highest BCUT2D eigenvalue weighted by Gasteiger charge is 2.39. The number of sulfonamides is 1. The largest absolute Gasteiger partial charge is 0.215 e. The minimum atomic E-state index is -3.30. The van der Waals surface area contributed by atoms with Crippen LogP contribution in [0.5, 0.6) is 0 Å². The van der Waals surface area contributed by atoms with Gasteiger partial charge in [-0.05, 0) is 25.7 Å². The average Bonchev–Trinajstić information content (AvgIpc) is 2.84. The van der Waals surface area contributed by atoms with Gasteiger partial charge in [0, 0.05) is 0 Å². The van der Waals surface area contributed by atoms with Crippen LogP contribution in [-0.2, 0) is 10.0 Å². The molecule has 0 aromatic rings. The van der Waals surface area contributed by atoms with Crippen LogP contribution in [0, 0.1) is 11.3 Å². The molecule has 0 unspecified atom stereocenters. The molecule has 2 aliphatic rings. The van der Waals surface area contributed by atoms with E-state index in [1.54, 1.807) is 0 Å². The van der Waals surface area contributed by atoms with E-state index in [1.165, 1.54) is 0 Å². The van der Waals surface area contributed by atoms with Crippen molar-refractivity contribution in [2.75, 3.05) is 0 Å². The summed E-state index contributed by atoms with van der Waals surface area (Å²) in [7, 11) is -3.30. The summed E-state index contributed by atoms with van der Waals surface area (Å²) >= 11 is 0. The van der Waals surface area contributed by atoms with Gasteiger partial charge >= 0.3 is 0 Å². The summed E-state index contributed by atoms with van der Waals surface area (Å²) in [6.45, 7) is 0. The molecule has 0 bridgehead atoms. The first-order chi connectivity index (χ1) is 8.08. The monoisotopic (exact) mass is 256 g/mol. The second-order valence-electron chi connectivity index (χ2n) is 5.31. The first-order valence-electron chi connectivity index (χ1n) is 6.52. The van der Waals surface area contributed by atoms with Gasteiger partial charge in [-0.25, -0.2) is 8.42 Å². The second-order valence-corrected chi connectivity index (χ2v) is 7.27. The molecule has 2 rings (SSSR count). The highest BCUT2D eigenvalue weighted by atomic mass is 32.2. The lowest BCUT2D eigenvalue weighted by molar-refractivity contribution is 0.336. The van der Waals surface area contributed by atoms with Crippen LogP contribution >= 0.6 is 0 Å². The average molecular weight is 256 g/mol. The van der Waals surface area contributed by atoms with Crippen LogP contribution in [0.2, 0.25) is 0 Å². The summed E-state index contributed by atoms with van der Waals surface area (Å²) in [5, 5.41) is 9.00. The Kier molecular flexibility index (Phi) is 3.74. The summed E-state index contributed by atoms with van der Waals surface area (Å²) in [5.74, 6) is 0. The number of nitriles is 1. The van der Waals surface area contributed by atoms with E-state index >= 15 is 0 Å². The highest BCUT2D eigenvalue weighted by Crippen LogP contribution is 2.31. The van der Waals surface area contributed by atoms with E-state index in [1.807, 2.05) is 0 Å². The molecule has 0 heterocycles. The molecule has 2 saturated carbocycles. The third-order valence-corrected chi connectivity index (χ3v) is 6.02. The maximum atomic E-state index is 12.2. The zero-order valence-electron chi connectivity index (χ0n) is 10.1. The molecule has 2 aliphatic carbocycles. The molecular weight excluding hydrogens is 236 g/mol. The minimum Gasteiger partial charge on any atom is -0.212 e. The zero-order valence-corrected chi connectivity index (χ0v) is 10.9. The number of hydrogen-bond acceptors (Lipinski definition) is 3. The zero-order chi connectivity index (χ0) is 12.4. The number of nitrogens with zero attached hydrogens (tertiary/aromatic N) is 1. The Morgan fingerprint density at radius 3 is 2.18 bits per heavy atom. The van der Waals surface area contributed by atoms with E-state index in [-0.39, 0.29) is 5.25 Å². The highest BCUT2D eigenvalue weighted by molar-refractivity contribution is 7.90. The molecule has 0 saturated heterocycles. The fourth-order valence-corrected chi connectivity index (χ4v) is 4.86. The minimum absolute atomic E-state index is 0.269. The van der Waals surface area contributed by atoms with Crippen LogP contribution in [0.25, 0.3) is 0 Å². The lowest BCUT2D eigenvalue weighted by Gasteiger charge is -2.32. The van der Waals surface area contributed by atoms with E-state index < -0.39 is 15.6 Å². The first kappa shape index (κ1) is 12.8. The molecule has 5 heteroatoms. The van der Waals surface area contributed by atoms with Crippen molar-refractivity contribution in [1.82, 2.24) is 4.72 Å². The Labute approximate surface area is 103 Å². The number of rotatable bonds is 3. The standard InChI is InChI=1S/C12H20N2O2S/c13-10-12(8-4-1-5-9-12)14-17(15,16)11-6-2-3-7-11/h11,14H,1-9H2. The Balaban J connectivity index is 2.10. The second kappa shape index (κ2) is 4.95. The van der Waals surface area contributed by atoms with Crippen molar-refractivity contribution in [2.45, 2.75) is 68.6 Å². The van der Waals surface area contributed by atoms with Crippen LogP contribution in [-0.4, -0.2) is 19.2 Å². The lowest BCUT2D eigenvalue weighted by atomic mass is 9.84. The molecule has 0 aliphatic heterocycles. The van der Waals surface area contributed by atoms with Gasteiger partial charge in [0.1, 0.15) is 5.54 Å². The fraction of sp³-hybridized carbons (Fsp3) is 0.917. The molecule has 17 heavy (non-hydrogen) atoms. The summed E-state index contributed by atoms with van der Waals surface area (Å²) in [4.78, 5) is 0. The van der Waals surface area contributed by atoms with Crippen LogP contribution in [0.15, 0.2) is 0 Å². The first-order valence-corrected chi connectivity index (χ1v) is 8.07. The molecule has 0 radical (unpaired) electrons. The Morgan fingerprint density at radius 1 is 1.06 bits per heavy atom. The Hall–Kier alpha value is -0.600. The van der Waals surface area contributed by atoms with Crippen molar-refractivity contribution in [3.63, 3.8) is 0 Å². The normalized spacial score (nSPS) is 25.6. The van der Waals surface area contributed by atoms with Crippen LogP contribution in [0.1, 0.15) is 57.8 Å². The topological polar surface area (TPSA) is 70.0 Å². The molecular formula is C12H20N2O2S. The van der Waals surface area contributed by atoms with Crippen LogP contribution in [0.4, 0.5) is 0 Å². The van der Waals surface area contributed by atoms with Crippen molar-refractivity contribution in [2.24, 2.45) is 0 Å². The third-order valence-electron chi connectivity index (χ3n) is 4.00.